The Bertz CT molecular complexity index is 1290. The van der Waals surface area contributed by atoms with Gasteiger partial charge in [-0.1, -0.05) is 68.2 Å². The Morgan fingerprint density at radius 2 is 1.00 bits per heavy atom. The molecule has 2 aromatic rings. The number of carbonyl (C=O) groups is 2. The van der Waals surface area contributed by atoms with Crippen molar-refractivity contribution in [1.82, 2.24) is 0 Å². The summed E-state index contributed by atoms with van der Waals surface area (Å²) in [7, 11) is 0. The number of carbonyl (C=O) groups excluding carboxylic acids is 2. The van der Waals surface area contributed by atoms with Crippen LogP contribution in [0.1, 0.15) is 93.9 Å². The van der Waals surface area contributed by atoms with Gasteiger partial charge in [0.2, 0.25) is 11.8 Å². The first-order valence-corrected chi connectivity index (χ1v) is 16.4. The van der Waals surface area contributed by atoms with E-state index in [2.05, 4.69) is 24.3 Å². The molecule has 0 fully saturated rings. The van der Waals surface area contributed by atoms with Gasteiger partial charge in [0.05, 0.1) is 0 Å². The van der Waals surface area contributed by atoms with Gasteiger partial charge >= 0.3 is 21.7 Å². The molecular formula is C40H50F4N2O2Ti. The fourth-order valence-electron chi connectivity index (χ4n) is 4.07. The van der Waals surface area contributed by atoms with Gasteiger partial charge < -0.3 is 9.80 Å². The van der Waals surface area contributed by atoms with Crippen molar-refractivity contribution in [3.63, 3.8) is 0 Å². The van der Waals surface area contributed by atoms with Crippen LogP contribution in [0.4, 0.5) is 28.9 Å². The van der Waals surface area contributed by atoms with Gasteiger partial charge in [-0.05, 0) is 24.2 Å². The van der Waals surface area contributed by atoms with Gasteiger partial charge in [0.1, 0.15) is 0 Å². The van der Waals surface area contributed by atoms with E-state index in [1.807, 2.05) is 50.3 Å². The molecule has 2 aromatic carbocycles. The number of hydrogen-bond donors (Lipinski definition) is 0. The predicted octanol–water partition coefficient (Wildman–Crippen LogP) is 10.5. The molecule has 0 heterocycles. The quantitative estimate of drug-likeness (QED) is 0.155. The van der Waals surface area contributed by atoms with E-state index in [1.165, 1.54) is 21.9 Å². The molecule has 0 N–H and O–H groups in total. The van der Waals surface area contributed by atoms with Crippen LogP contribution in [0, 0.1) is 58.4 Å². The molecular weight excluding hydrogens is 664 g/mol. The molecule has 0 aliphatic heterocycles. The van der Waals surface area contributed by atoms with Crippen LogP contribution in [-0.2, 0) is 31.3 Å². The Labute approximate surface area is 306 Å². The molecule has 4 rings (SSSR count). The molecule has 2 aliphatic carbocycles. The third-order valence-electron chi connectivity index (χ3n) is 6.68. The topological polar surface area (TPSA) is 40.6 Å². The average molecular weight is 715 g/mol. The first-order chi connectivity index (χ1) is 22.5. The fraction of sp³-hybridized carbons (Fsp3) is 0.450. The summed E-state index contributed by atoms with van der Waals surface area (Å²) in [6, 6.07) is 8.77. The number of amides is 2. The van der Waals surface area contributed by atoms with E-state index in [1.54, 1.807) is 41.5 Å². The minimum atomic E-state index is -0.825. The van der Waals surface area contributed by atoms with Gasteiger partial charge in [0.25, 0.3) is 0 Å². The van der Waals surface area contributed by atoms with Crippen molar-refractivity contribution in [2.75, 3.05) is 22.9 Å². The van der Waals surface area contributed by atoms with Gasteiger partial charge in [0, 0.05) is 47.2 Å². The summed E-state index contributed by atoms with van der Waals surface area (Å²) < 4.78 is 53.4. The Balaban J connectivity index is 0.000000717. The normalized spacial score (nSPS) is 12.5. The third-order valence-corrected chi connectivity index (χ3v) is 6.68. The second-order valence-corrected chi connectivity index (χ2v) is 13.1. The van der Waals surface area contributed by atoms with Crippen molar-refractivity contribution in [3.05, 3.63) is 108 Å². The number of allylic oxidation sites excluding steroid dienone is 8. The molecule has 2 aliphatic rings. The number of benzene rings is 2. The van der Waals surface area contributed by atoms with Crippen LogP contribution in [-0.4, -0.2) is 24.9 Å². The van der Waals surface area contributed by atoms with Crippen molar-refractivity contribution in [1.29, 1.82) is 0 Å². The summed E-state index contributed by atoms with van der Waals surface area (Å²) in [6.45, 7) is 15.5. The van der Waals surface area contributed by atoms with Crippen LogP contribution in [0.5, 0.6) is 0 Å². The van der Waals surface area contributed by atoms with E-state index >= 15 is 0 Å². The average Bonchev–Trinajstić information content (AvgIpc) is 3.78. The molecule has 264 valence electrons. The van der Waals surface area contributed by atoms with Crippen LogP contribution in [0.2, 0.25) is 0 Å². The molecule has 0 bridgehead atoms. The number of anilines is 2. The van der Waals surface area contributed by atoms with Crippen molar-refractivity contribution in [2.24, 2.45) is 10.8 Å². The van der Waals surface area contributed by atoms with Crippen LogP contribution in [0.15, 0.2) is 60.7 Å². The summed E-state index contributed by atoms with van der Waals surface area (Å²) in [5.74, 6) is -3.54. The molecule has 4 nitrogen and oxygen atoms in total. The molecule has 2 amide bonds. The molecule has 49 heavy (non-hydrogen) atoms. The fourth-order valence-corrected chi connectivity index (χ4v) is 4.07. The predicted molar refractivity (Wildman–Crippen MR) is 187 cm³/mol. The first-order valence-electron chi connectivity index (χ1n) is 16.4. The van der Waals surface area contributed by atoms with E-state index in [9.17, 15) is 27.2 Å². The SMILES string of the molecule is CCCCN(C(=O)C(C)(C)C)c1ccc(F)[c-]c1F.CCCCN(C(=O)C(C)(C)C)c1ccc(F)[c-]c1F.[C-]1=CC=CC1.[C-]1=CC=CC1.[Ti+4]. The standard InChI is InChI=1S/2C15H20F2NO.2C5H5.Ti/c2*1-5-6-9-18(14(19)15(2,3)4)13-8-7-11(16)10-12(13)17;2*1-2-4-5-3-1;/h2*7-8H,5-6,9H2,1-4H3;2*1-3H,4H2;/q4*-1;+4. The maximum atomic E-state index is 13.8. The number of unbranched alkanes of at least 4 members (excludes halogenated alkanes) is 2. The van der Waals surface area contributed by atoms with Crippen molar-refractivity contribution in [3.8, 4) is 0 Å². The summed E-state index contributed by atoms with van der Waals surface area (Å²) in [4.78, 5) is 27.5. The number of rotatable bonds is 8. The monoisotopic (exact) mass is 714 g/mol. The van der Waals surface area contributed by atoms with Crippen LogP contribution < -0.4 is 9.80 Å². The number of hydrogen-bond acceptors (Lipinski definition) is 2. The minimum Gasteiger partial charge on any atom is -0.363 e. The molecule has 0 saturated heterocycles. The Morgan fingerprint density at radius 3 is 1.20 bits per heavy atom. The molecule has 0 atom stereocenters. The first kappa shape index (κ1) is 45.8. The van der Waals surface area contributed by atoms with Crippen molar-refractivity contribution >= 4 is 23.2 Å². The summed E-state index contributed by atoms with van der Waals surface area (Å²) in [6.07, 6.45) is 23.3. The number of halogens is 4. The Hall–Kier alpha value is -3.23. The molecule has 0 saturated carbocycles. The van der Waals surface area contributed by atoms with Gasteiger partial charge in [-0.25, -0.2) is 41.9 Å². The van der Waals surface area contributed by atoms with Crippen LogP contribution in [0.3, 0.4) is 0 Å². The van der Waals surface area contributed by atoms with E-state index in [0.717, 1.165) is 50.7 Å². The Morgan fingerprint density at radius 1 is 0.653 bits per heavy atom. The molecule has 9 heteroatoms. The van der Waals surface area contributed by atoms with Gasteiger partial charge in [-0.3, -0.25) is 21.7 Å². The number of nitrogens with zero attached hydrogens (tertiary/aromatic N) is 2. The zero-order valence-corrected chi connectivity index (χ0v) is 31.7. The maximum Gasteiger partial charge on any atom is 4.00 e. The van der Waals surface area contributed by atoms with E-state index in [0.29, 0.717) is 13.1 Å². The summed E-state index contributed by atoms with van der Waals surface area (Å²) in [5, 5.41) is 0. The largest absolute Gasteiger partial charge is 4.00 e. The van der Waals surface area contributed by atoms with Crippen molar-refractivity contribution in [2.45, 2.75) is 93.9 Å². The van der Waals surface area contributed by atoms with E-state index in [4.69, 9.17) is 0 Å². The second kappa shape index (κ2) is 23.2. The van der Waals surface area contributed by atoms with E-state index < -0.39 is 34.1 Å². The van der Waals surface area contributed by atoms with Gasteiger partial charge in [-0.2, -0.15) is 12.2 Å². The minimum absolute atomic E-state index is 0. The second-order valence-electron chi connectivity index (χ2n) is 13.1. The molecule has 0 aromatic heterocycles. The third kappa shape index (κ3) is 17.3. The summed E-state index contributed by atoms with van der Waals surface area (Å²) >= 11 is 0. The summed E-state index contributed by atoms with van der Waals surface area (Å²) in [5.41, 5.74) is -1.05. The zero-order chi connectivity index (χ0) is 36.3. The molecule has 0 spiro atoms. The maximum absolute atomic E-state index is 13.8. The van der Waals surface area contributed by atoms with E-state index in [-0.39, 0.29) is 44.9 Å². The molecule has 0 unspecified atom stereocenters. The van der Waals surface area contributed by atoms with Gasteiger partial charge in [0.15, 0.2) is 0 Å². The van der Waals surface area contributed by atoms with Crippen LogP contribution >= 0.6 is 0 Å². The van der Waals surface area contributed by atoms with Crippen molar-refractivity contribution < 1.29 is 48.9 Å². The van der Waals surface area contributed by atoms with Gasteiger partial charge in [-0.15, -0.1) is 49.2 Å². The zero-order valence-electron chi connectivity index (χ0n) is 30.2. The molecule has 0 radical (unpaired) electrons. The smallest absolute Gasteiger partial charge is 0.363 e. The van der Waals surface area contributed by atoms with Crippen LogP contribution in [0.25, 0.3) is 0 Å². The Kier molecular flexibility index (Phi) is 21.7.